The Hall–Kier alpha value is -3.20. The number of hydrogen-bond acceptors (Lipinski definition) is 7. The summed E-state index contributed by atoms with van der Waals surface area (Å²) < 4.78 is 11.0. The lowest BCUT2D eigenvalue weighted by Crippen LogP contribution is -2.39. The standard InChI is InChI=1S/C25H36N4O5/c1-24(2,3)33-22(31)28(7)20-12-8-10-18(26-20)14-16-29(23(32)34-25(4,5)6)21-13-9-11-19(27-21)15-17-30/h8-13,30H,14-17H2,1-7H3. The van der Waals surface area contributed by atoms with Crippen LogP contribution in [0, 0.1) is 0 Å². The topological polar surface area (TPSA) is 105 Å². The van der Waals surface area contributed by atoms with E-state index in [0.29, 0.717) is 35.9 Å². The van der Waals surface area contributed by atoms with Crippen molar-refractivity contribution in [2.24, 2.45) is 0 Å². The number of aliphatic hydroxyl groups excluding tert-OH is 1. The number of carbonyl (C=O) groups is 2. The summed E-state index contributed by atoms with van der Waals surface area (Å²) in [7, 11) is 1.60. The molecule has 0 atom stereocenters. The van der Waals surface area contributed by atoms with Gasteiger partial charge in [0.15, 0.2) is 0 Å². The molecule has 0 saturated heterocycles. The van der Waals surface area contributed by atoms with Gasteiger partial charge in [-0.05, 0) is 65.8 Å². The van der Waals surface area contributed by atoms with Gasteiger partial charge in [-0.1, -0.05) is 12.1 Å². The molecule has 0 unspecified atom stereocenters. The number of aliphatic hydroxyl groups is 1. The number of aromatic nitrogens is 2. The first-order chi connectivity index (χ1) is 15.8. The molecule has 2 aromatic heterocycles. The summed E-state index contributed by atoms with van der Waals surface area (Å²) in [5, 5.41) is 9.25. The fourth-order valence-electron chi connectivity index (χ4n) is 2.93. The molecule has 0 aliphatic rings. The molecular weight excluding hydrogens is 436 g/mol. The third kappa shape index (κ3) is 8.62. The Morgan fingerprint density at radius 1 is 0.824 bits per heavy atom. The fourth-order valence-corrected chi connectivity index (χ4v) is 2.93. The average molecular weight is 473 g/mol. The van der Waals surface area contributed by atoms with Crippen molar-refractivity contribution in [1.82, 2.24) is 9.97 Å². The molecule has 0 radical (unpaired) electrons. The molecule has 0 bridgehead atoms. The summed E-state index contributed by atoms with van der Waals surface area (Å²) in [5.74, 6) is 0.876. The zero-order chi connectivity index (χ0) is 25.5. The van der Waals surface area contributed by atoms with Crippen LogP contribution in [0.15, 0.2) is 36.4 Å². The first-order valence-electron chi connectivity index (χ1n) is 11.3. The number of nitrogens with zero attached hydrogens (tertiary/aromatic N) is 4. The van der Waals surface area contributed by atoms with Crippen molar-refractivity contribution in [3.05, 3.63) is 47.8 Å². The molecular formula is C25H36N4O5. The van der Waals surface area contributed by atoms with Crippen LogP contribution in [-0.4, -0.2) is 58.7 Å². The predicted octanol–water partition coefficient (Wildman–Crippen LogP) is 4.37. The van der Waals surface area contributed by atoms with Crippen molar-refractivity contribution in [3.8, 4) is 0 Å². The van der Waals surface area contributed by atoms with E-state index in [0.717, 1.165) is 0 Å². The Balaban J connectivity index is 2.23. The Morgan fingerprint density at radius 3 is 1.88 bits per heavy atom. The molecule has 0 aliphatic heterocycles. The van der Waals surface area contributed by atoms with Crippen molar-refractivity contribution >= 4 is 23.8 Å². The average Bonchev–Trinajstić information content (AvgIpc) is 2.71. The highest BCUT2D eigenvalue weighted by Gasteiger charge is 2.25. The summed E-state index contributed by atoms with van der Waals surface area (Å²) in [6.07, 6.45) is -0.238. The maximum Gasteiger partial charge on any atom is 0.416 e. The minimum atomic E-state index is -0.674. The molecule has 2 aromatic rings. The van der Waals surface area contributed by atoms with Gasteiger partial charge in [-0.2, -0.15) is 0 Å². The molecule has 186 valence electrons. The Kier molecular flexibility index (Phi) is 8.98. The van der Waals surface area contributed by atoms with Crippen LogP contribution < -0.4 is 9.80 Å². The van der Waals surface area contributed by atoms with Crippen LogP contribution in [0.2, 0.25) is 0 Å². The minimum Gasteiger partial charge on any atom is -0.443 e. The molecule has 0 fully saturated rings. The summed E-state index contributed by atoms with van der Waals surface area (Å²) >= 11 is 0. The normalized spacial score (nSPS) is 11.6. The highest BCUT2D eigenvalue weighted by atomic mass is 16.6. The molecule has 1 N–H and O–H groups in total. The maximum atomic E-state index is 13.0. The van der Waals surface area contributed by atoms with Gasteiger partial charge >= 0.3 is 12.2 Å². The Labute approximate surface area is 201 Å². The second-order valence-corrected chi connectivity index (χ2v) is 9.87. The van der Waals surface area contributed by atoms with Crippen LogP contribution in [0.5, 0.6) is 0 Å². The molecule has 34 heavy (non-hydrogen) atoms. The van der Waals surface area contributed by atoms with Gasteiger partial charge in [-0.3, -0.25) is 9.80 Å². The van der Waals surface area contributed by atoms with Crippen LogP contribution in [0.3, 0.4) is 0 Å². The maximum absolute atomic E-state index is 13.0. The van der Waals surface area contributed by atoms with E-state index < -0.39 is 23.4 Å². The van der Waals surface area contributed by atoms with Crippen LogP contribution in [0.4, 0.5) is 21.2 Å². The smallest absolute Gasteiger partial charge is 0.416 e. The summed E-state index contributed by atoms with van der Waals surface area (Å²) in [4.78, 5) is 37.2. The van der Waals surface area contributed by atoms with Gasteiger partial charge in [-0.25, -0.2) is 19.6 Å². The quantitative estimate of drug-likeness (QED) is 0.638. The predicted molar refractivity (Wildman–Crippen MR) is 131 cm³/mol. The lowest BCUT2D eigenvalue weighted by Gasteiger charge is -2.27. The van der Waals surface area contributed by atoms with E-state index in [-0.39, 0.29) is 13.2 Å². The van der Waals surface area contributed by atoms with Gasteiger partial charge in [0.1, 0.15) is 22.8 Å². The fraction of sp³-hybridized carbons (Fsp3) is 0.520. The van der Waals surface area contributed by atoms with E-state index in [4.69, 9.17) is 9.47 Å². The van der Waals surface area contributed by atoms with E-state index >= 15 is 0 Å². The Bertz CT molecular complexity index is 982. The van der Waals surface area contributed by atoms with Gasteiger partial charge in [0.25, 0.3) is 0 Å². The van der Waals surface area contributed by atoms with Gasteiger partial charge in [0.2, 0.25) is 0 Å². The Morgan fingerprint density at radius 2 is 1.32 bits per heavy atom. The van der Waals surface area contributed by atoms with Crippen LogP contribution in [0.1, 0.15) is 52.9 Å². The molecule has 2 amide bonds. The highest BCUT2D eigenvalue weighted by molar-refractivity contribution is 5.87. The monoisotopic (exact) mass is 472 g/mol. The van der Waals surface area contributed by atoms with E-state index in [2.05, 4.69) is 9.97 Å². The largest absolute Gasteiger partial charge is 0.443 e. The molecule has 0 saturated carbocycles. The number of hydrogen-bond donors (Lipinski definition) is 1. The zero-order valence-electron chi connectivity index (χ0n) is 21.2. The minimum absolute atomic E-state index is 0.0369. The number of ether oxygens (including phenoxy) is 2. The molecule has 0 spiro atoms. The van der Waals surface area contributed by atoms with Crippen LogP contribution in [-0.2, 0) is 22.3 Å². The van der Waals surface area contributed by atoms with E-state index in [1.807, 2.05) is 6.07 Å². The third-order valence-electron chi connectivity index (χ3n) is 4.45. The van der Waals surface area contributed by atoms with Crippen molar-refractivity contribution in [3.63, 3.8) is 0 Å². The van der Waals surface area contributed by atoms with E-state index in [9.17, 15) is 14.7 Å². The molecule has 9 nitrogen and oxygen atoms in total. The number of carbonyl (C=O) groups excluding carboxylic acids is 2. The molecule has 9 heteroatoms. The zero-order valence-corrected chi connectivity index (χ0v) is 21.2. The number of rotatable bonds is 7. The molecule has 2 rings (SSSR count). The lowest BCUT2D eigenvalue weighted by atomic mass is 10.2. The SMILES string of the molecule is CN(C(=O)OC(C)(C)C)c1cccc(CCN(C(=O)OC(C)(C)C)c2cccc(CCO)n2)n1. The van der Waals surface area contributed by atoms with Crippen LogP contribution >= 0.6 is 0 Å². The van der Waals surface area contributed by atoms with Crippen molar-refractivity contribution in [1.29, 1.82) is 0 Å². The van der Waals surface area contributed by atoms with Crippen molar-refractivity contribution in [2.75, 3.05) is 30.0 Å². The van der Waals surface area contributed by atoms with E-state index in [1.54, 1.807) is 78.9 Å². The third-order valence-corrected chi connectivity index (χ3v) is 4.45. The van der Waals surface area contributed by atoms with Crippen LogP contribution in [0.25, 0.3) is 0 Å². The summed E-state index contributed by atoms with van der Waals surface area (Å²) in [6, 6.07) is 10.7. The second kappa shape index (κ2) is 11.3. The highest BCUT2D eigenvalue weighted by Crippen LogP contribution is 2.19. The van der Waals surface area contributed by atoms with Crippen molar-refractivity contribution < 1.29 is 24.2 Å². The van der Waals surface area contributed by atoms with Gasteiger partial charge < -0.3 is 14.6 Å². The first-order valence-corrected chi connectivity index (χ1v) is 11.3. The second-order valence-electron chi connectivity index (χ2n) is 9.87. The van der Waals surface area contributed by atoms with Gasteiger partial charge in [-0.15, -0.1) is 0 Å². The molecule has 0 aliphatic carbocycles. The number of pyridine rings is 2. The lowest BCUT2D eigenvalue weighted by molar-refractivity contribution is 0.0572. The summed E-state index contributed by atoms with van der Waals surface area (Å²) in [6.45, 7) is 11.0. The summed E-state index contributed by atoms with van der Waals surface area (Å²) in [5.41, 5.74) is 0.0708. The molecule has 0 aromatic carbocycles. The van der Waals surface area contributed by atoms with Crippen molar-refractivity contribution in [2.45, 2.75) is 65.6 Å². The molecule has 2 heterocycles. The number of amides is 2. The first kappa shape index (κ1) is 27.0. The number of anilines is 2. The van der Waals surface area contributed by atoms with E-state index in [1.165, 1.54) is 9.80 Å². The van der Waals surface area contributed by atoms with Gasteiger partial charge in [0.05, 0.1) is 0 Å². The van der Waals surface area contributed by atoms with Gasteiger partial charge in [0, 0.05) is 44.4 Å².